The SMILES string of the molecule is N[C@H](Cc1ccc(Cl)cc1Cl)C(=O)N1Cc2ccc(CNS(=O)(=O)c3ncc[nH]3)cc2C1. The van der Waals surface area contributed by atoms with E-state index in [1.54, 1.807) is 23.1 Å². The molecule has 32 heavy (non-hydrogen) atoms. The highest BCUT2D eigenvalue weighted by Crippen LogP contribution is 2.26. The number of H-pyrrole nitrogens is 1. The lowest BCUT2D eigenvalue weighted by Crippen LogP contribution is -2.42. The summed E-state index contributed by atoms with van der Waals surface area (Å²) in [6.45, 7) is 0.975. The highest BCUT2D eigenvalue weighted by atomic mass is 35.5. The molecular formula is C21H21Cl2N5O3S. The summed E-state index contributed by atoms with van der Waals surface area (Å²) in [5, 5.41) is 0.869. The van der Waals surface area contributed by atoms with Gasteiger partial charge in [-0.15, -0.1) is 0 Å². The van der Waals surface area contributed by atoms with Crippen molar-refractivity contribution < 1.29 is 13.2 Å². The predicted octanol–water partition coefficient (Wildman–Crippen LogP) is 2.61. The van der Waals surface area contributed by atoms with Gasteiger partial charge in [-0.2, -0.15) is 0 Å². The number of aromatic nitrogens is 2. The molecule has 1 aromatic heterocycles. The molecule has 0 bridgehead atoms. The van der Waals surface area contributed by atoms with Crippen LogP contribution in [-0.4, -0.2) is 35.2 Å². The van der Waals surface area contributed by atoms with E-state index in [4.69, 9.17) is 28.9 Å². The Labute approximate surface area is 195 Å². The maximum Gasteiger partial charge on any atom is 0.274 e. The molecule has 3 aromatic rings. The first-order valence-electron chi connectivity index (χ1n) is 9.81. The zero-order valence-electron chi connectivity index (χ0n) is 16.9. The van der Waals surface area contributed by atoms with Crippen molar-refractivity contribution in [3.8, 4) is 0 Å². The van der Waals surface area contributed by atoms with Crippen molar-refractivity contribution in [3.63, 3.8) is 0 Å². The van der Waals surface area contributed by atoms with Gasteiger partial charge in [-0.3, -0.25) is 4.79 Å². The molecule has 4 N–H and O–H groups in total. The van der Waals surface area contributed by atoms with Crippen molar-refractivity contribution in [1.29, 1.82) is 0 Å². The van der Waals surface area contributed by atoms with E-state index in [0.717, 1.165) is 22.3 Å². The Morgan fingerprint density at radius 1 is 1.19 bits per heavy atom. The van der Waals surface area contributed by atoms with Crippen LogP contribution in [0.5, 0.6) is 0 Å². The largest absolute Gasteiger partial charge is 0.334 e. The molecule has 168 valence electrons. The Morgan fingerprint density at radius 3 is 2.69 bits per heavy atom. The number of amides is 1. The van der Waals surface area contributed by atoms with Crippen molar-refractivity contribution in [2.45, 2.75) is 37.3 Å². The summed E-state index contributed by atoms with van der Waals surface area (Å²) >= 11 is 12.1. The molecule has 2 aromatic carbocycles. The Hall–Kier alpha value is -2.43. The second-order valence-electron chi connectivity index (χ2n) is 7.56. The number of nitrogens with zero attached hydrogens (tertiary/aromatic N) is 2. The lowest BCUT2D eigenvalue weighted by molar-refractivity contribution is -0.133. The predicted molar refractivity (Wildman–Crippen MR) is 121 cm³/mol. The summed E-state index contributed by atoms with van der Waals surface area (Å²) in [6.07, 6.45) is 3.13. The van der Waals surface area contributed by atoms with Gasteiger partial charge in [0.1, 0.15) is 0 Å². The molecule has 8 nitrogen and oxygen atoms in total. The molecule has 1 amide bonds. The summed E-state index contributed by atoms with van der Waals surface area (Å²) in [7, 11) is -3.72. The summed E-state index contributed by atoms with van der Waals surface area (Å²) < 4.78 is 27.0. The quantitative estimate of drug-likeness (QED) is 0.466. The third-order valence-electron chi connectivity index (χ3n) is 5.27. The third kappa shape index (κ3) is 4.97. The molecular weight excluding hydrogens is 473 g/mol. The average Bonchev–Trinajstić information content (AvgIpc) is 3.44. The van der Waals surface area contributed by atoms with Gasteiger partial charge in [-0.1, -0.05) is 47.5 Å². The van der Waals surface area contributed by atoms with Crippen molar-refractivity contribution in [1.82, 2.24) is 19.6 Å². The van der Waals surface area contributed by atoms with Gasteiger partial charge in [0, 0.05) is 42.1 Å². The topological polar surface area (TPSA) is 121 Å². The van der Waals surface area contributed by atoms with Crippen molar-refractivity contribution in [3.05, 3.63) is 81.1 Å². The number of hydrogen-bond donors (Lipinski definition) is 3. The van der Waals surface area contributed by atoms with Crippen LogP contribution in [0, 0.1) is 0 Å². The van der Waals surface area contributed by atoms with Crippen LogP contribution in [0.3, 0.4) is 0 Å². The third-order valence-corrected chi connectivity index (χ3v) is 7.11. The lowest BCUT2D eigenvalue weighted by atomic mass is 10.1. The number of rotatable bonds is 7. The second-order valence-corrected chi connectivity index (χ2v) is 10.1. The smallest absolute Gasteiger partial charge is 0.274 e. The van der Waals surface area contributed by atoms with E-state index in [0.29, 0.717) is 29.6 Å². The van der Waals surface area contributed by atoms with E-state index in [1.165, 1.54) is 12.4 Å². The Balaban J connectivity index is 1.38. The molecule has 1 aliphatic heterocycles. The number of sulfonamides is 1. The molecule has 2 heterocycles. The van der Waals surface area contributed by atoms with E-state index < -0.39 is 16.1 Å². The maximum atomic E-state index is 12.9. The summed E-state index contributed by atoms with van der Waals surface area (Å²) in [6, 6.07) is 10.0. The van der Waals surface area contributed by atoms with Crippen LogP contribution in [0.15, 0.2) is 53.9 Å². The van der Waals surface area contributed by atoms with Crippen LogP contribution < -0.4 is 10.5 Å². The fourth-order valence-electron chi connectivity index (χ4n) is 3.60. The molecule has 0 spiro atoms. The number of halogens is 2. The summed E-state index contributed by atoms with van der Waals surface area (Å²) in [5.41, 5.74) is 9.69. The second kappa shape index (κ2) is 9.21. The van der Waals surface area contributed by atoms with Gasteiger partial charge in [0.2, 0.25) is 11.1 Å². The van der Waals surface area contributed by atoms with Gasteiger partial charge in [0.05, 0.1) is 6.04 Å². The zero-order chi connectivity index (χ0) is 22.9. The fourth-order valence-corrected chi connectivity index (χ4v) is 5.01. The van der Waals surface area contributed by atoms with Gasteiger partial charge < -0.3 is 15.6 Å². The van der Waals surface area contributed by atoms with Crippen molar-refractivity contribution in [2.24, 2.45) is 5.73 Å². The van der Waals surface area contributed by atoms with Crippen LogP contribution >= 0.6 is 23.2 Å². The molecule has 0 fully saturated rings. The maximum absolute atomic E-state index is 12.9. The van der Waals surface area contributed by atoms with Crippen molar-refractivity contribution in [2.75, 3.05) is 0 Å². The molecule has 0 unspecified atom stereocenters. The number of benzene rings is 2. The van der Waals surface area contributed by atoms with Gasteiger partial charge >= 0.3 is 0 Å². The molecule has 0 radical (unpaired) electrons. The first-order valence-corrected chi connectivity index (χ1v) is 12.0. The zero-order valence-corrected chi connectivity index (χ0v) is 19.2. The van der Waals surface area contributed by atoms with Crippen LogP contribution in [-0.2, 0) is 40.9 Å². The average molecular weight is 494 g/mol. The minimum atomic E-state index is -3.72. The molecule has 11 heteroatoms. The first kappa shape index (κ1) is 22.8. The lowest BCUT2D eigenvalue weighted by Gasteiger charge is -2.20. The molecule has 0 aliphatic carbocycles. The van der Waals surface area contributed by atoms with E-state index >= 15 is 0 Å². The molecule has 0 saturated heterocycles. The molecule has 1 atom stereocenters. The molecule has 4 rings (SSSR count). The van der Waals surface area contributed by atoms with Gasteiger partial charge in [0.15, 0.2) is 0 Å². The number of hydrogen-bond acceptors (Lipinski definition) is 5. The highest BCUT2D eigenvalue weighted by molar-refractivity contribution is 7.89. The fraction of sp³-hybridized carbons (Fsp3) is 0.238. The van der Waals surface area contributed by atoms with Gasteiger partial charge in [0.25, 0.3) is 10.0 Å². The number of nitrogens with two attached hydrogens (primary N) is 1. The van der Waals surface area contributed by atoms with Crippen LogP contribution in [0.1, 0.15) is 22.3 Å². The number of fused-ring (bicyclic) bond motifs is 1. The first-order chi connectivity index (χ1) is 15.2. The Bertz CT molecular complexity index is 1250. The number of imidazole rings is 1. The van der Waals surface area contributed by atoms with Crippen LogP contribution in [0.2, 0.25) is 10.0 Å². The number of nitrogens with one attached hydrogen (secondary N) is 2. The van der Waals surface area contributed by atoms with Gasteiger partial charge in [-0.05, 0) is 40.8 Å². The minimum Gasteiger partial charge on any atom is -0.334 e. The van der Waals surface area contributed by atoms with E-state index in [9.17, 15) is 13.2 Å². The van der Waals surface area contributed by atoms with E-state index in [2.05, 4.69) is 14.7 Å². The minimum absolute atomic E-state index is 0.110. The van der Waals surface area contributed by atoms with Gasteiger partial charge in [-0.25, -0.2) is 18.1 Å². The normalized spacial score (nSPS) is 14.4. The van der Waals surface area contributed by atoms with Crippen LogP contribution in [0.4, 0.5) is 0 Å². The number of aromatic amines is 1. The monoisotopic (exact) mass is 493 g/mol. The number of carbonyl (C=O) groups is 1. The van der Waals surface area contributed by atoms with E-state index in [-0.39, 0.29) is 17.6 Å². The Kier molecular flexibility index (Phi) is 6.55. The number of carbonyl (C=O) groups excluding carboxylic acids is 1. The van der Waals surface area contributed by atoms with Crippen LogP contribution in [0.25, 0.3) is 0 Å². The highest BCUT2D eigenvalue weighted by Gasteiger charge is 2.28. The molecule has 0 saturated carbocycles. The standard InChI is InChI=1S/C21H21Cl2N5O3S/c22-17-4-3-14(18(23)9-17)8-19(24)20(29)28-11-15-2-1-13(7-16(15)12-28)10-27-32(30,31)21-25-5-6-26-21/h1-7,9,19,27H,8,10-12,24H2,(H,25,26)/t19-/m1/s1. The van der Waals surface area contributed by atoms with E-state index in [1.807, 2.05) is 18.2 Å². The van der Waals surface area contributed by atoms with Crippen molar-refractivity contribution >= 4 is 39.1 Å². The Morgan fingerprint density at radius 2 is 1.97 bits per heavy atom. The summed E-state index contributed by atoms with van der Waals surface area (Å²) in [5.74, 6) is -0.174. The molecule has 1 aliphatic rings. The summed E-state index contributed by atoms with van der Waals surface area (Å²) in [4.78, 5) is 20.9.